The summed E-state index contributed by atoms with van der Waals surface area (Å²) in [5.74, 6) is 1.13. The summed E-state index contributed by atoms with van der Waals surface area (Å²) in [5.41, 5.74) is 0.765. The molecule has 0 aliphatic carbocycles. The van der Waals surface area contributed by atoms with Crippen LogP contribution in [-0.2, 0) is 6.61 Å². The average Bonchev–Trinajstić information content (AvgIpc) is 3.37. The van der Waals surface area contributed by atoms with Crippen LogP contribution in [0.4, 0.5) is 0 Å². The highest BCUT2D eigenvalue weighted by atomic mass is 35.5. The summed E-state index contributed by atoms with van der Waals surface area (Å²) >= 11 is 8.98. The van der Waals surface area contributed by atoms with Crippen molar-refractivity contribution >= 4 is 40.2 Å². The number of amides is 1. The Kier molecular flexibility index (Phi) is 5.94. The van der Waals surface area contributed by atoms with E-state index in [1.165, 1.54) is 11.3 Å². The molecule has 1 aliphatic rings. The van der Waals surface area contributed by atoms with Gasteiger partial charge in [0, 0.05) is 35.6 Å². The van der Waals surface area contributed by atoms with Crippen molar-refractivity contribution in [1.82, 2.24) is 14.9 Å². The molecule has 0 radical (unpaired) electrons. The van der Waals surface area contributed by atoms with Crippen molar-refractivity contribution in [2.75, 3.05) is 13.1 Å². The summed E-state index contributed by atoms with van der Waals surface area (Å²) in [5, 5.41) is 4.58. The lowest BCUT2D eigenvalue weighted by atomic mass is 9.98. The molecule has 1 fully saturated rings. The van der Waals surface area contributed by atoms with Gasteiger partial charge in [-0.1, -0.05) is 11.6 Å². The Labute approximate surface area is 177 Å². The first-order chi connectivity index (χ1) is 13.6. The number of rotatable bonds is 5. The van der Waals surface area contributed by atoms with Gasteiger partial charge in [-0.05, 0) is 44.0 Å². The van der Waals surface area contributed by atoms with E-state index in [2.05, 4.69) is 9.97 Å². The Bertz CT molecular complexity index is 941. The summed E-state index contributed by atoms with van der Waals surface area (Å²) in [7, 11) is 0. The van der Waals surface area contributed by atoms with E-state index in [4.69, 9.17) is 16.3 Å². The van der Waals surface area contributed by atoms with Gasteiger partial charge in [-0.25, -0.2) is 9.97 Å². The third-order valence-electron chi connectivity index (χ3n) is 4.72. The minimum atomic E-state index is 0.0639. The van der Waals surface area contributed by atoms with E-state index < -0.39 is 0 Å². The maximum absolute atomic E-state index is 13.1. The number of aryl methyl sites for hydroxylation is 1. The highest BCUT2D eigenvalue weighted by Gasteiger charge is 2.29. The number of benzene rings is 1. The predicted octanol–water partition coefficient (Wildman–Crippen LogP) is 5.16. The van der Waals surface area contributed by atoms with Crippen molar-refractivity contribution in [2.45, 2.75) is 32.3 Å². The SMILES string of the molecule is Cc1nc(COc2ccc(Cl)cc2)sc1C(=O)N1CCCC(c2nccs2)C1. The second kappa shape index (κ2) is 8.59. The largest absolute Gasteiger partial charge is 0.486 e. The molecule has 1 saturated heterocycles. The van der Waals surface area contributed by atoms with Crippen LogP contribution in [0.25, 0.3) is 0 Å². The number of hydrogen-bond donors (Lipinski definition) is 0. The summed E-state index contributed by atoms with van der Waals surface area (Å²) < 4.78 is 5.76. The standard InChI is InChI=1S/C20H20ClN3O2S2/c1-13-18(28-17(23-13)12-26-16-6-4-15(21)5-7-16)20(25)24-9-2-3-14(11-24)19-22-8-10-27-19/h4-8,10,14H,2-3,9,11-12H2,1H3. The number of likely N-dealkylation sites (tertiary alicyclic amines) is 1. The van der Waals surface area contributed by atoms with Crippen molar-refractivity contribution in [3.63, 3.8) is 0 Å². The lowest BCUT2D eigenvalue weighted by molar-refractivity contribution is 0.0711. The van der Waals surface area contributed by atoms with Gasteiger partial charge in [-0.15, -0.1) is 22.7 Å². The molecule has 3 aromatic rings. The fraction of sp³-hybridized carbons (Fsp3) is 0.350. The molecular formula is C20H20ClN3O2S2. The Morgan fingerprint density at radius 3 is 2.93 bits per heavy atom. The minimum Gasteiger partial charge on any atom is -0.486 e. The van der Waals surface area contributed by atoms with Crippen LogP contribution < -0.4 is 4.74 Å². The Hall–Kier alpha value is -1.96. The summed E-state index contributed by atoms with van der Waals surface area (Å²) in [4.78, 5) is 24.7. The van der Waals surface area contributed by atoms with Crippen molar-refractivity contribution in [3.8, 4) is 5.75 Å². The number of piperidine rings is 1. The normalized spacial score (nSPS) is 16.9. The van der Waals surface area contributed by atoms with Crippen molar-refractivity contribution in [3.05, 3.63) is 61.5 Å². The van der Waals surface area contributed by atoms with Gasteiger partial charge in [0.2, 0.25) is 0 Å². The lowest BCUT2D eigenvalue weighted by Gasteiger charge is -2.31. The molecular weight excluding hydrogens is 414 g/mol. The van der Waals surface area contributed by atoms with E-state index in [1.807, 2.05) is 35.5 Å². The molecule has 1 unspecified atom stereocenters. The third kappa shape index (κ3) is 4.37. The molecule has 0 spiro atoms. The monoisotopic (exact) mass is 433 g/mol. The van der Waals surface area contributed by atoms with Gasteiger partial charge in [-0.3, -0.25) is 4.79 Å². The van der Waals surface area contributed by atoms with Crippen LogP contribution in [0.5, 0.6) is 5.75 Å². The van der Waals surface area contributed by atoms with E-state index >= 15 is 0 Å². The van der Waals surface area contributed by atoms with E-state index in [-0.39, 0.29) is 5.91 Å². The number of thiazole rings is 2. The Balaban J connectivity index is 1.42. The van der Waals surface area contributed by atoms with Gasteiger partial charge in [0.25, 0.3) is 5.91 Å². The molecule has 146 valence electrons. The van der Waals surface area contributed by atoms with Gasteiger partial charge in [0.05, 0.1) is 10.7 Å². The van der Waals surface area contributed by atoms with Gasteiger partial charge in [0.1, 0.15) is 22.2 Å². The zero-order valence-electron chi connectivity index (χ0n) is 15.4. The van der Waals surface area contributed by atoms with Crippen LogP contribution in [0.1, 0.15) is 44.1 Å². The van der Waals surface area contributed by atoms with Gasteiger partial charge >= 0.3 is 0 Å². The third-order valence-corrected chi connectivity index (χ3v) is 7.03. The predicted molar refractivity (Wildman–Crippen MR) is 113 cm³/mol. The molecule has 1 amide bonds. The number of carbonyl (C=O) groups excluding carboxylic acids is 1. The maximum atomic E-state index is 13.1. The maximum Gasteiger partial charge on any atom is 0.265 e. The number of carbonyl (C=O) groups is 1. The number of aromatic nitrogens is 2. The number of hydrogen-bond acceptors (Lipinski definition) is 6. The Morgan fingerprint density at radius 2 is 2.18 bits per heavy atom. The van der Waals surface area contributed by atoms with Crippen LogP contribution in [0, 0.1) is 6.92 Å². The smallest absolute Gasteiger partial charge is 0.265 e. The molecule has 0 saturated carbocycles. The van der Waals surface area contributed by atoms with Gasteiger partial charge < -0.3 is 9.64 Å². The fourth-order valence-corrected chi connectivity index (χ4v) is 5.17. The molecule has 8 heteroatoms. The topological polar surface area (TPSA) is 55.3 Å². The molecule has 1 aromatic carbocycles. The summed E-state index contributed by atoms with van der Waals surface area (Å²) in [6.45, 7) is 3.73. The van der Waals surface area contributed by atoms with Crippen molar-refractivity contribution in [2.24, 2.45) is 0 Å². The molecule has 28 heavy (non-hydrogen) atoms. The van der Waals surface area contributed by atoms with Crippen LogP contribution in [-0.4, -0.2) is 33.9 Å². The quantitative estimate of drug-likeness (QED) is 0.557. The minimum absolute atomic E-state index is 0.0639. The highest BCUT2D eigenvalue weighted by Crippen LogP contribution is 2.30. The molecule has 2 aromatic heterocycles. The highest BCUT2D eigenvalue weighted by molar-refractivity contribution is 7.13. The Morgan fingerprint density at radius 1 is 1.36 bits per heavy atom. The van der Waals surface area contributed by atoms with E-state index in [9.17, 15) is 4.79 Å². The van der Waals surface area contributed by atoms with Gasteiger partial charge in [0.15, 0.2) is 0 Å². The van der Waals surface area contributed by atoms with Crippen LogP contribution in [0.15, 0.2) is 35.8 Å². The lowest BCUT2D eigenvalue weighted by Crippen LogP contribution is -2.39. The first-order valence-corrected chi connectivity index (χ1v) is 11.2. The first kappa shape index (κ1) is 19.4. The van der Waals surface area contributed by atoms with Crippen LogP contribution >= 0.6 is 34.3 Å². The number of halogens is 1. The van der Waals surface area contributed by atoms with Crippen molar-refractivity contribution < 1.29 is 9.53 Å². The molecule has 0 N–H and O–H groups in total. The average molecular weight is 434 g/mol. The molecule has 1 atom stereocenters. The van der Waals surface area contributed by atoms with Crippen molar-refractivity contribution in [1.29, 1.82) is 0 Å². The second-order valence-corrected chi connectivity index (χ2v) is 9.17. The van der Waals surface area contributed by atoms with Crippen LogP contribution in [0.3, 0.4) is 0 Å². The van der Waals surface area contributed by atoms with Gasteiger partial charge in [-0.2, -0.15) is 0 Å². The molecule has 4 rings (SSSR count). The molecule has 3 heterocycles. The number of ether oxygens (including phenoxy) is 1. The summed E-state index contributed by atoms with van der Waals surface area (Å²) in [6, 6.07) is 7.21. The fourth-order valence-electron chi connectivity index (χ4n) is 3.33. The number of nitrogens with zero attached hydrogens (tertiary/aromatic N) is 3. The molecule has 5 nitrogen and oxygen atoms in total. The van der Waals surface area contributed by atoms with E-state index in [0.717, 1.165) is 47.4 Å². The molecule has 0 bridgehead atoms. The van der Waals surface area contributed by atoms with E-state index in [0.29, 0.717) is 22.4 Å². The first-order valence-electron chi connectivity index (χ1n) is 9.13. The molecule has 1 aliphatic heterocycles. The zero-order chi connectivity index (χ0) is 19.5. The van der Waals surface area contributed by atoms with E-state index in [1.54, 1.807) is 23.5 Å². The van der Waals surface area contributed by atoms with Crippen LogP contribution in [0.2, 0.25) is 5.02 Å². The summed E-state index contributed by atoms with van der Waals surface area (Å²) in [6.07, 6.45) is 3.92. The zero-order valence-corrected chi connectivity index (χ0v) is 17.8. The second-order valence-electron chi connectivity index (χ2n) is 6.73.